The van der Waals surface area contributed by atoms with Crippen molar-refractivity contribution in [3.05, 3.63) is 64.0 Å². The molecule has 162 valence electrons. The number of benzene rings is 2. The second-order valence-corrected chi connectivity index (χ2v) is 9.33. The van der Waals surface area contributed by atoms with Gasteiger partial charge in [0.2, 0.25) is 0 Å². The molecular formula is C24H24ClNO4S. The summed E-state index contributed by atoms with van der Waals surface area (Å²) in [6.07, 6.45) is 0.579. The minimum Gasteiger partial charge on any atom is -0.493 e. The van der Waals surface area contributed by atoms with Crippen LogP contribution in [-0.4, -0.2) is 30.3 Å². The Labute approximate surface area is 190 Å². The minimum absolute atomic E-state index is 0.0233. The van der Waals surface area contributed by atoms with Gasteiger partial charge in [-0.1, -0.05) is 30.7 Å². The van der Waals surface area contributed by atoms with Crippen LogP contribution in [0.1, 0.15) is 35.5 Å². The minimum atomic E-state index is -0.912. The number of aliphatic hydroxyl groups is 1. The molecule has 1 aromatic heterocycles. The van der Waals surface area contributed by atoms with E-state index in [0.29, 0.717) is 29.5 Å². The first kappa shape index (κ1) is 21.7. The van der Waals surface area contributed by atoms with E-state index in [1.165, 1.54) is 11.3 Å². The zero-order chi connectivity index (χ0) is 22.2. The van der Waals surface area contributed by atoms with Crippen LogP contribution in [0, 0.1) is 0 Å². The van der Waals surface area contributed by atoms with Crippen molar-refractivity contribution in [1.29, 1.82) is 0 Å². The average Bonchev–Trinajstić information content (AvgIpc) is 3.32. The van der Waals surface area contributed by atoms with Crippen LogP contribution in [0.3, 0.4) is 0 Å². The molecule has 1 N–H and O–H groups in total. The Morgan fingerprint density at radius 3 is 2.55 bits per heavy atom. The highest BCUT2D eigenvalue weighted by atomic mass is 35.5. The summed E-state index contributed by atoms with van der Waals surface area (Å²) in [4.78, 5) is 16.6. The van der Waals surface area contributed by atoms with Crippen LogP contribution in [0.4, 0.5) is 5.69 Å². The van der Waals surface area contributed by atoms with E-state index in [1.54, 1.807) is 31.1 Å². The third-order valence-electron chi connectivity index (χ3n) is 5.46. The number of ether oxygens (including phenoxy) is 2. The van der Waals surface area contributed by atoms with Crippen LogP contribution in [0.25, 0.3) is 10.4 Å². The molecule has 2 aromatic carbocycles. The maximum Gasteiger partial charge on any atom is 0.269 e. The molecule has 7 heteroatoms. The molecule has 31 heavy (non-hydrogen) atoms. The molecular weight excluding hydrogens is 434 g/mol. The molecule has 1 aliphatic heterocycles. The quantitative estimate of drug-likeness (QED) is 0.488. The third kappa shape index (κ3) is 4.42. The normalized spacial score (nSPS) is 15.0. The lowest BCUT2D eigenvalue weighted by Gasteiger charge is -2.23. The topological polar surface area (TPSA) is 59.0 Å². The number of thiophene rings is 1. The van der Waals surface area contributed by atoms with E-state index in [2.05, 4.69) is 6.07 Å². The summed E-state index contributed by atoms with van der Waals surface area (Å²) >= 11 is 7.48. The van der Waals surface area contributed by atoms with Gasteiger partial charge in [-0.2, -0.15) is 0 Å². The van der Waals surface area contributed by atoms with Crippen LogP contribution in [0.15, 0.2) is 48.5 Å². The number of methoxy groups -OCH3 is 1. The smallest absolute Gasteiger partial charge is 0.269 e. The van der Waals surface area contributed by atoms with Gasteiger partial charge in [-0.3, -0.25) is 4.79 Å². The largest absolute Gasteiger partial charge is 0.493 e. The van der Waals surface area contributed by atoms with Gasteiger partial charge < -0.3 is 19.5 Å². The number of halogens is 1. The van der Waals surface area contributed by atoms with Gasteiger partial charge in [0.05, 0.1) is 24.1 Å². The number of amides is 1. The van der Waals surface area contributed by atoms with Gasteiger partial charge in [0.25, 0.3) is 5.91 Å². The molecule has 1 aliphatic rings. The Morgan fingerprint density at radius 1 is 1.16 bits per heavy atom. The summed E-state index contributed by atoms with van der Waals surface area (Å²) < 4.78 is 11.2. The SMILES string of the molecule is CCC(C)(O)COc1ccc(N2Cc3cc(-c4ccc(Cl)cc4)sc3C2=O)cc1OC. The molecule has 0 saturated carbocycles. The highest BCUT2D eigenvalue weighted by Crippen LogP contribution is 2.40. The predicted octanol–water partition coefficient (Wildman–Crippen LogP) is 5.78. The fraction of sp³-hybridized carbons (Fsp3) is 0.292. The average molecular weight is 458 g/mol. The fourth-order valence-corrected chi connectivity index (χ4v) is 4.59. The van der Waals surface area contributed by atoms with Crippen molar-refractivity contribution in [2.75, 3.05) is 18.6 Å². The van der Waals surface area contributed by atoms with Gasteiger partial charge in [-0.05, 0) is 54.8 Å². The van der Waals surface area contributed by atoms with Crippen molar-refractivity contribution in [1.82, 2.24) is 0 Å². The Balaban J connectivity index is 1.53. The van der Waals surface area contributed by atoms with Crippen molar-refractivity contribution < 1.29 is 19.4 Å². The molecule has 0 radical (unpaired) electrons. The highest BCUT2D eigenvalue weighted by molar-refractivity contribution is 7.17. The number of hydrogen-bond donors (Lipinski definition) is 1. The van der Waals surface area contributed by atoms with Crippen molar-refractivity contribution in [2.45, 2.75) is 32.4 Å². The summed E-state index contributed by atoms with van der Waals surface area (Å²) in [7, 11) is 1.56. The number of carbonyl (C=O) groups is 1. The van der Waals surface area contributed by atoms with Gasteiger partial charge in [0.15, 0.2) is 11.5 Å². The second kappa shape index (κ2) is 8.54. The summed E-state index contributed by atoms with van der Waals surface area (Å²) in [6, 6.07) is 15.1. The van der Waals surface area contributed by atoms with Gasteiger partial charge in [0, 0.05) is 21.7 Å². The number of carbonyl (C=O) groups excluding carboxylic acids is 1. The molecule has 3 aromatic rings. The molecule has 5 nitrogen and oxygen atoms in total. The molecule has 0 bridgehead atoms. The third-order valence-corrected chi connectivity index (χ3v) is 6.93. The Hall–Kier alpha value is -2.54. The number of nitrogens with zero attached hydrogens (tertiary/aromatic N) is 1. The first-order valence-corrected chi connectivity index (χ1v) is 11.2. The van der Waals surface area contributed by atoms with Crippen molar-refractivity contribution in [3.8, 4) is 21.9 Å². The van der Waals surface area contributed by atoms with E-state index in [-0.39, 0.29) is 12.5 Å². The lowest BCUT2D eigenvalue weighted by molar-refractivity contribution is 0.00776. The van der Waals surface area contributed by atoms with E-state index in [4.69, 9.17) is 21.1 Å². The van der Waals surface area contributed by atoms with Crippen molar-refractivity contribution >= 4 is 34.5 Å². The van der Waals surface area contributed by atoms with Crippen LogP contribution in [0.5, 0.6) is 11.5 Å². The predicted molar refractivity (Wildman–Crippen MR) is 125 cm³/mol. The fourth-order valence-electron chi connectivity index (χ4n) is 3.34. The van der Waals surface area contributed by atoms with E-state index in [0.717, 1.165) is 26.6 Å². The Kier molecular flexibility index (Phi) is 5.97. The van der Waals surface area contributed by atoms with Gasteiger partial charge in [-0.25, -0.2) is 0 Å². The number of hydrogen-bond acceptors (Lipinski definition) is 5. The zero-order valence-electron chi connectivity index (χ0n) is 17.6. The number of fused-ring (bicyclic) bond motifs is 1. The van der Waals surface area contributed by atoms with Crippen LogP contribution in [-0.2, 0) is 6.54 Å². The number of anilines is 1. The van der Waals surface area contributed by atoms with E-state index < -0.39 is 5.60 Å². The monoisotopic (exact) mass is 457 g/mol. The highest BCUT2D eigenvalue weighted by Gasteiger charge is 2.32. The maximum absolute atomic E-state index is 13.1. The molecule has 0 saturated heterocycles. The molecule has 0 spiro atoms. The molecule has 4 rings (SSSR count). The molecule has 1 atom stereocenters. The summed E-state index contributed by atoms with van der Waals surface area (Å²) in [6.45, 7) is 4.30. The first-order valence-electron chi connectivity index (χ1n) is 10.0. The standard InChI is InChI=1S/C24H24ClNO4S/c1-4-24(2,28)14-30-19-10-9-18(12-20(19)29-3)26-13-16-11-21(31-22(16)23(26)27)15-5-7-17(25)8-6-15/h5-12,28H,4,13-14H2,1-3H3. The Morgan fingerprint density at radius 2 is 1.90 bits per heavy atom. The van der Waals surface area contributed by atoms with Gasteiger partial charge in [0.1, 0.15) is 6.61 Å². The van der Waals surface area contributed by atoms with Crippen LogP contribution in [0.2, 0.25) is 5.02 Å². The zero-order valence-corrected chi connectivity index (χ0v) is 19.2. The summed E-state index contributed by atoms with van der Waals surface area (Å²) in [5.74, 6) is 1.03. The maximum atomic E-state index is 13.1. The van der Waals surface area contributed by atoms with Gasteiger partial charge in [-0.15, -0.1) is 11.3 Å². The molecule has 1 unspecified atom stereocenters. The Bertz CT molecular complexity index is 1110. The van der Waals surface area contributed by atoms with E-state index in [9.17, 15) is 9.90 Å². The van der Waals surface area contributed by atoms with Crippen molar-refractivity contribution in [2.24, 2.45) is 0 Å². The van der Waals surface area contributed by atoms with Crippen LogP contribution >= 0.6 is 22.9 Å². The van der Waals surface area contributed by atoms with E-state index in [1.807, 2.05) is 37.3 Å². The van der Waals surface area contributed by atoms with Crippen molar-refractivity contribution in [3.63, 3.8) is 0 Å². The number of rotatable bonds is 7. The lowest BCUT2D eigenvalue weighted by atomic mass is 10.1. The van der Waals surface area contributed by atoms with E-state index >= 15 is 0 Å². The molecule has 0 aliphatic carbocycles. The summed E-state index contributed by atoms with van der Waals surface area (Å²) in [5.41, 5.74) is 1.89. The van der Waals surface area contributed by atoms with Crippen LogP contribution < -0.4 is 14.4 Å². The van der Waals surface area contributed by atoms with Gasteiger partial charge >= 0.3 is 0 Å². The summed E-state index contributed by atoms with van der Waals surface area (Å²) in [5, 5.41) is 10.9. The molecule has 0 fully saturated rings. The first-order chi connectivity index (χ1) is 14.8. The second-order valence-electron chi connectivity index (χ2n) is 7.84. The lowest BCUT2D eigenvalue weighted by Crippen LogP contribution is -2.31. The molecule has 2 heterocycles. The molecule has 1 amide bonds.